The summed E-state index contributed by atoms with van der Waals surface area (Å²) in [6.45, 7) is 6.73. The molecule has 1 aliphatic heterocycles. The normalized spacial score (nSPS) is 15.5. The van der Waals surface area contributed by atoms with E-state index in [1.807, 2.05) is 18.2 Å². The van der Waals surface area contributed by atoms with Crippen molar-refractivity contribution in [3.8, 4) is 0 Å². The van der Waals surface area contributed by atoms with Gasteiger partial charge >= 0.3 is 0 Å². The van der Waals surface area contributed by atoms with Gasteiger partial charge in [0, 0.05) is 24.0 Å². The number of hydrogen-bond donors (Lipinski definition) is 0. The molecule has 0 radical (unpaired) electrons. The van der Waals surface area contributed by atoms with E-state index in [2.05, 4.69) is 54.5 Å². The van der Waals surface area contributed by atoms with E-state index in [-0.39, 0.29) is 5.91 Å². The Hall–Kier alpha value is -2.66. The highest BCUT2D eigenvalue weighted by Gasteiger charge is 2.27. The van der Waals surface area contributed by atoms with Crippen molar-refractivity contribution in [2.75, 3.05) is 9.80 Å². The number of anilines is 3. The summed E-state index contributed by atoms with van der Waals surface area (Å²) >= 11 is 1.53. The number of nitrogens with zero attached hydrogens (tertiary/aromatic N) is 3. The number of rotatable bonds is 5. The molecular formula is C23H25N3OS. The predicted octanol–water partition coefficient (Wildman–Crippen LogP) is 5.34. The lowest BCUT2D eigenvalue weighted by Crippen LogP contribution is -2.29. The van der Waals surface area contributed by atoms with Gasteiger partial charge in [0.2, 0.25) is 5.91 Å². The third kappa shape index (κ3) is 3.42. The van der Waals surface area contributed by atoms with E-state index >= 15 is 0 Å². The minimum absolute atomic E-state index is 0.0123. The van der Waals surface area contributed by atoms with Gasteiger partial charge in [-0.05, 0) is 43.0 Å². The number of hydrogen-bond acceptors (Lipinski definition) is 4. The quantitative estimate of drug-likeness (QED) is 0.589. The molecule has 5 heteroatoms. The van der Waals surface area contributed by atoms with E-state index in [1.54, 1.807) is 11.8 Å². The van der Waals surface area contributed by atoms with E-state index in [0.717, 1.165) is 41.5 Å². The second-order valence-corrected chi connectivity index (χ2v) is 8.10. The number of carbonyl (C=O) groups is 1. The van der Waals surface area contributed by atoms with Crippen LogP contribution in [0.2, 0.25) is 0 Å². The third-order valence-corrected chi connectivity index (χ3v) is 6.21. The summed E-state index contributed by atoms with van der Waals surface area (Å²) in [6.07, 6.45) is 1.94. The van der Waals surface area contributed by atoms with Crippen LogP contribution in [0.25, 0.3) is 0 Å². The minimum Gasteiger partial charge on any atom is -0.362 e. The Labute approximate surface area is 170 Å². The lowest BCUT2D eigenvalue weighted by molar-refractivity contribution is -0.115. The van der Waals surface area contributed by atoms with Gasteiger partial charge in [0.05, 0.1) is 17.9 Å². The van der Waals surface area contributed by atoms with Crippen molar-refractivity contribution in [1.82, 2.24) is 4.98 Å². The number of aromatic nitrogens is 1. The SMILES string of the molecule is CCc1ccccc1N(C(C)=O)c1nc(CN2c3ccccc3CC2C)cs1. The standard InChI is InChI=1S/C23H25N3OS/c1-4-18-9-5-8-12-22(18)26(17(3)27)23-24-20(15-28-23)14-25-16(2)13-19-10-6-7-11-21(19)25/h5-12,15-16H,4,13-14H2,1-3H3. The van der Waals surface area contributed by atoms with Gasteiger partial charge < -0.3 is 4.90 Å². The topological polar surface area (TPSA) is 36.4 Å². The number of amides is 1. The van der Waals surface area contributed by atoms with Crippen LogP contribution in [0.15, 0.2) is 53.9 Å². The van der Waals surface area contributed by atoms with Crippen LogP contribution < -0.4 is 9.80 Å². The van der Waals surface area contributed by atoms with Crippen LogP contribution in [-0.2, 0) is 24.2 Å². The molecule has 1 amide bonds. The molecule has 1 atom stereocenters. The second kappa shape index (κ2) is 7.76. The van der Waals surface area contributed by atoms with Crippen LogP contribution in [0.5, 0.6) is 0 Å². The molecule has 0 saturated carbocycles. The van der Waals surface area contributed by atoms with Crippen LogP contribution in [-0.4, -0.2) is 16.9 Å². The zero-order chi connectivity index (χ0) is 19.7. The maximum Gasteiger partial charge on any atom is 0.230 e. The average molecular weight is 392 g/mol. The first-order chi connectivity index (χ1) is 13.6. The molecule has 28 heavy (non-hydrogen) atoms. The summed E-state index contributed by atoms with van der Waals surface area (Å²) in [5, 5.41) is 2.82. The highest BCUT2D eigenvalue weighted by atomic mass is 32.1. The van der Waals surface area contributed by atoms with Crippen molar-refractivity contribution in [2.24, 2.45) is 0 Å². The molecule has 4 nitrogen and oxygen atoms in total. The molecule has 1 aromatic heterocycles. The summed E-state index contributed by atoms with van der Waals surface area (Å²) in [7, 11) is 0. The van der Waals surface area contributed by atoms with Crippen LogP contribution >= 0.6 is 11.3 Å². The number of para-hydroxylation sites is 2. The first kappa shape index (κ1) is 18.7. The zero-order valence-electron chi connectivity index (χ0n) is 16.6. The van der Waals surface area contributed by atoms with Crippen molar-refractivity contribution in [3.05, 3.63) is 70.7 Å². The molecule has 0 bridgehead atoms. The Morgan fingerprint density at radius 2 is 1.96 bits per heavy atom. The van der Waals surface area contributed by atoms with E-state index < -0.39 is 0 Å². The molecule has 3 aromatic rings. The Morgan fingerprint density at radius 3 is 2.75 bits per heavy atom. The van der Waals surface area contributed by atoms with Crippen LogP contribution in [0.1, 0.15) is 37.6 Å². The number of fused-ring (bicyclic) bond motifs is 1. The van der Waals surface area contributed by atoms with Gasteiger partial charge in [-0.15, -0.1) is 11.3 Å². The zero-order valence-corrected chi connectivity index (χ0v) is 17.4. The van der Waals surface area contributed by atoms with Gasteiger partial charge in [-0.2, -0.15) is 0 Å². The van der Waals surface area contributed by atoms with E-state index in [0.29, 0.717) is 6.04 Å². The van der Waals surface area contributed by atoms with E-state index in [9.17, 15) is 4.79 Å². The molecule has 144 valence electrons. The largest absolute Gasteiger partial charge is 0.362 e. The molecule has 0 saturated heterocycles. The van der Waals surface area contributed by atoms with E-state index in [4.69, 9.17) is 4.98 Å². The highest BCUT2D eigenvalue weighted by molar-refractivity contribution is 7.14. The Morgan fingerprint density at radius 1 is 1.21 bits per heavy atom. The highest BCUT2D eigenvalue weighted by Crippen LogP contribution is 2.35. The summed E-state index contributed by atoms with van der Waals surface area (Å²) in [4.78, 5) is 21.5. The van der Waals surface area contributed by atoms with Crippen molar-refractivity contribution in [2.45, 2.75) is 46.2 Å². The lowest BCUT2D eigenvalue weighted by atomic mass is 10.1. The van der Waals surface area contributed by atoms with Crippen LogP contribution in [0.4, 0.5) is 16.5 Å². The van der Waals surface area contributed by atoms with Gasteiger partial charge in [-0.1, -0.05) is 43.3 Å². The minimum atomic E-state index is -0.0123. The van der Waals surface area contributed by atoms with Crippen molar-refractivity contribution >= 4 is 33.8 Å². The Balaban J connectivity index is 1.62. The summed E-state index contributed by atoms with van der Waals surface area (Å²) in [5.41, 5.74) is 5.77. The molecule has 0 spiro atoms. The molecule has 2 heterocycles. The summed E-state index contributed by atoms with van der Waals surface area (Å²) in [5.74, 6) is -0.0123. The number of thiazole rings is 1. The smallest absolute Gasteiger partial charge is 0.230 e. The van der Waals surface area contributed by atoms with Crippen molar-refractivity contribution < 1.29 is 4.79 Å². The van der Waals surface area contributed by atoms with E-state index in [1.165, 1.54) is 22.6 Å². The Kier molecular flexibility index (Phi) is 5.18. The fourth-order valence-corrected chi connectivity index (χ4v) is 4.82. The maximum atomic E-state index is 12.5. The van der Waals surface area contributed by atoms with Gasteiger partial charge in [0.15, 0.2) is 5.13 Å². The number of aryl methyl sites for hydroxylation is 1. The number of benzene rings is 2. The van der Waals surface area contributed by atoms with Crippen LogP contribution in [0, 0.1) is 0 Å². The third-order valence-electron chi connectivity index (χ3n) is 5.34. The molecule has 4 rings (SSSR count). The molecular weight excluding hydrogens is 366 g/mol. The second-order valence-electron chi connectivity index (χ2n) is 7.27. The summed E-state index contributed by atoms with van der Waals surface area (Å²) in [6, 6.07) is 17.1. The fraction of sp³-hybridized carbons (Fsp3) is 0.304. The molecule has 1 unspecified atom stereocenters. The van der Waals surface area contributed by atoms with Gasteiger partial charge in [0.25, 0.3) is 0 Å². The first-order valence-corrected chi connectivity index (χ1v) is 10.6. The summed E-state index contributed by atoms with van der Waals surface area (Å²) < 4.78 is 0. The average Bonchev–Trinajstić information content (AvgIpc) is 3.27. The molecule has 0 N–H and O–H groups in total. The fourth-order valence-electron chi connectivity index (χ4n) is 3.95. The van der Waals surface area contributed by atoms with Gasteiger partial charge in [-0.3, -0.25) is 9.69 Å². The molecule has 2 aromatic carbocycles. The van der Waals surface area contributed by atoms with Gasteiger partial charge in [-0.25, -0.2) is 4.98 Å². The van der Waals surface area contributed by atoms with Crippen molar-refractivity contribution in [3.63, 3.8) is 0 Å². The monoisotopic (exact) mass is 391 g/mol. The Bertz CT molecular complexity index is 997. The molecule has 0 aliphatic carbocycles. The van der Waals surface area contributed by atoms with Crippen LogP contribution in [0.3, 0.4) is 0 Å². The lowest BCUT2D eigenvalue weighted by Gasteiger charge is -2.24. The van der Waals surface area contributed by atoms with Gasteiger partial charge in [0.1, 0.15) is 0 Å². The maximum absolute atomic E-state index is 12.5. The predicted molar refractivity (Wildman–Crippen MR) is 117 cm³/mol. The molecule has 1 aliphatic rings. The number of carbonyl (C=O) groups excluding carboxylic acids is 1. The first-order valence-electron chi connectivity index (χ1n) is 9.76. The molecule has 0 fully saturated rings. The van der Waals surface area contributed by atoms with Crippen molar-refractivity contribution in [1.29, 1.82) is 0 Å².